The van der Waals surface area contributed by atoms with Gasteiger partial charge in [-0.1, -0.05) is 42.5 Å². The van der Waals surface area contributed by atoms with E-state index < -0.39 is 11.9 Å². The third kappa shape index (κ3) is 3.10. The number of hydrogen-bond donors (Lipinski definition) is 1. The van der Waals surface area contributed by atoms with Gasteiger partial charge < -0.3 is 10.0 Å². The highest BCUT2D eigenvalue weighted by Crippen LogP contribution is 2.49. The lowest BCUT2D eigenvalue weighted by atomic mass is 9.81. The van der Waals surface area contributed by atoms with Crippen LogP contribution in [0.1, 0.15) is 24.8 Å². The molecule has 1 aromatic rings. The Hall–Kier alpha value is -2.10. The first kappa shape index (κ1) is 16.4. The van der Waals surface area contributed by atoms with Crippen LogP contribution in [0.3, 0.4) is 0 Å². The zero-order valence-corrected chi connectivity index (χ0v) is 14.4. The minimum absolute atomic E-state index is 0.0482. The molecule has 3 aliphatic rings. The number of carboxylic acids is 1. The summed E-state index contributed by atoms with van der Waals surface area (Å²) >= 11 is 0. The second-order valence-electron chi connectivity index (χ2n) is 7.80. The Bertz CT molecular complexity index is 676. The lowest BCUT2D eigenvalue weighted by Crippen LogP contribution is -2.46. The second-order valence-corrected chi connectivity index (χ2v) is 7.80. The molecule has 2 aliphatic carbocycles. The maximum Gasteiger partial charge on any atom is 0.307 e. The SMILES string of the molecule is O=C(O)[C@@H]1[C@H](C(=O)N2CCC(Cc3ccccc3)CC2)[C@H]2C=C[C@H]1C2. The molecular formula is C21H25NO3. The smallest absolute Gasteiger partial charge is 0.307 e. The van der Waals surface area contributed by atoms with Gasteiger partial charge in [-0.15, -0.1) is 0 Å². The summed E-state index contributed by atoms with van der Waals surface area (Å²) in [4.78, 5) is 26.6. The van der Waals surface area contributed by atoms with Crippen molar-refractivity contribution < 1.29 is 14.7 Å². The van der Waals surface area contributed by atoms with E-state index in [9.17, 15) is 14.7 Å². The van der Waals surface area contributed by atoms with Crippen LogP contribution >= 0.6 is 0 Å². The van der Waals surface area contributed by atoms with Gasteiger partial charge in [0.15, 0.2) is 0 Å². The third-order valence-electron chi connectivity index (χ3n) is 6.32. The summed E-state index contributed by atoms with van der Waals surface area (Å²) in [5, 5.41) is 9.55. The number of hydrogen-bond acceptors (Lipinski definition) is 2. The van der Waals surface area contributed by atoms with Gasteiger partial charge in [0.2, 0.25) is 5.91 Å². The summed E-state index contributed by atoms with van der Waals surface area (Å²) in [6, 6.07) is 10.5. The van der Waals surface area contributed by atoms with E-state index in [4.69, 9.17) is 0 Å². The Morgan fingerprint density at radius 3 is 2.28 bits per heavy atom. The van der Waals surface area contributed by atoms with Crippen LogP contribution in [0.4, 0.5) is 0 Å². The number of carboxylic acid groups (broad SMARTS) is 1. The number of nitrogens with zero attached hydrogens (tertiary/aromatic N) is 1. The molecule has 132 valence electrons. The number of carbonyl (C=O) groups excluding carboxylic acids is 1. The van der Waals surface area contributed by atoms with E-state index in [1.807, 2.05) is 17.0 Å². The highest BCUT2D eigenvalue weighted by molar-refractivity contribution is 5.87. The number of rotatable bonds is 4. The Morgan fingerprint density at radius 2 is 1.64 bits per heavy atom. The van der Waals surface area contributed by atoms with Gasteiger partial charge in [-0.05, 0) is 49.0 Å². The molecule has 1 saturated carbocycles. The van der Waals surface area contributed by atoms with Crippen molar-refractivity contribution >= 4 is 11.9 Å². The van der Waals surface area contributed by atoms with Crippen LogP contribution in [0.25, 0.3) is 0 Å². The van der Waals surface area contributed by atoms with Gasteiger partial charge in [0.25, 0.3) is 0 Å². The Morgan fingerprint density at radius 1 is 1.00 bits per heavy atom. The molecule has 1 amide bonds. The van der Waals surface area contributed by atoms with E-state index in [-0.39, 0.29) is 23.7 Å². The van der Waals surface area contributed by atoms with Crippen molar-refractivity contribution in [2.45, 2.75) is 25.7 Å². The Kier molecular flexibility index (Phi) is 4.36. The van der Waals surface area contributed by atoms with Crippen molar-refractivity contribution in [2.24, 2.45) is 29.6 Å². The zero-order chi connectivity index (χ0) is 17.4. The molecule has 4 atom stereocenters. The molecule has 0 radical (unpaired) electrons. The minimum Gasteiger partial charge on any atom is -0.481 e. The van der Waals surface area contributed by atoms with Crippen LogP contribution in [-0.4, -0.2) is 35.0 Å². The third-order valence-corrected chi connectivity index (χ3v) is 6.32. The molecule has 0 spiro atoms. The molecule has 4 rings (SSSR count). The van der Waals surface area contributed by atoms with Crippen LogP contribution in [0.2, 0.25) is 0 Å². The van der Waals surface area contributed by atoms with Crippen LogP contribution in [-0.2, 0) is 16.0 Å². The Labute approximate surface area is 148 Å². The molecule has 1 aromatic carbocycles. The van der Waals surface area contributed by atoms with Crippen LogP contribution in [0.15, 0.2) is 42.5 Å². The average molecular weight is 339 g/mol. The largest absolute Gasteiger partial charge is 0.481 e. The lowest BCUT2D eigenvalue weighted by Gasteiger charge is -2.36. The first-order chi connectivity index (χ1) is 12.1. The number of likely N-dealkylation sites (tertiary alicyclic amines) is 1. The van der Waals surface area contributed by atoms with Gasteiger partial charge >= 0.3 is 5.97 Å². The van der Waals surface area contributed by atoms with Crippen molar-refractivity contribution in [1.82, 2.24) is 4.90 Å². The fourth-order valence-electron chi connectivity index (χ4n) is 5.01. The van der Waals surface area contributed by atoms with E-state index >= 15 is 0 Å². The molecule has 2 fully saturated rings. The summed E-state index contributed by atoms with van der Waals surface area (Å²) < 4.78 is 0. The predicted molar refractivity (Wildman–Crippen MR) is 94.8 cm³/mol. The monoisotopic (exact) mass is 339 g/mol. The number of fused-ring (bicyclic) bond motifs is 2. The summed E-state index contributed by atoms with van der Waals surface area (Å²) in [7, 11) is 0. The summed E-state index contributed by atoms with van der Waals surface area (Å²) in [6.45, 7) is 1.53. The molecule has 1 aliphatic heterocycles. The van der Waals surface area contributed by atoms with Gasteiger partial charge in [0, 0.05) is 13.1 Å². The molecule has 25 heavy (non-hydrogen) atoms. The van der Waals surface area contributed by atoms with E-state index in [0.717, 1.165) is 38.8 Å². The highest BCUT2D eigenvalue weighted by Gasteiger charge is 2.52. The zero-order valence-electron chi connectivity index (χ0n) is 14.4. The van der Waals surface area contributed by atoms with Crippen molar-refractivity contribution in [1.29, 1.82) is 0 Å². The van der Waals surface area contributed by atoms with Crippen LogP contribution in [0.5, 0.6) is 0 Å². The molecule has 4 heteroatoms. The average Bonchev–Trinajstić information content (AvgIpc) is 3.24. The van der Waals surface area contributed by atoms with Gasteiger partial charge in [0.05, 0.1) is 11.8 Å². The van der Waals surface area contributed by atoms with E-state index in [1.165, 1.54) is 5.56 Å². The Balaban J connectivity index is 1.37. The van der Waals surface area contributed by atoms with E-state index in [0.29, 0.717) is 5.92 Å². The topological polar surface area (TPSA) is 57.6 Å². The van der Waals surface area contributed by atoms with Crippen molar-refractivity contribution in [2.75, 3.05) is 13.1 Å². The molecular weight excluding hydrogens is 314 g/mol. The van der Waals surface area contributed by atoms with E-state index in [1.54, 1.807) is 0 Å². The van der Waals surface area contributed by atoms with Gasteiger partial charge in [-0.3, -0.25) is 9.59 Å². The number of aliphatic carboxylic acids is 1. The molecule has 4 nitrogen and oxygen atoms in total. The molecule has 0 aromatic heterocycles. The summed E-state index contributed by atoms with van der Waals surface area (Å²) in [5.74, 6) is -0.825. The highest BCUT2D eigenvalue weighted by atomic mass is 16.4. The summed E-state index contributed by atoms with van der Waals surface area (Å²) in [6.07, 6.45) is 7.98. The van der Waals surface area contributed by atoms with Crippen molar-refractivity contribution in [3.05, 3.63) is 48.0 Å². The molecule has 0 unspecified atom stereocenters. The maximum absolute atomic E-state index is 13.0. The molecule has 1 N–H and O–H groups in total. The van der Waals surface area contributed by atoms with Crippen molar-refractivity contribution in [3.63, 3.8) is 0 Å². The first-order valence-electron chi connectivity index (χ1n) is 9.37. The van der Waals surface area contributed by atoms with Gasteiger partial charge in [0.1, 0.15) is 0 Å². The van der Waals surface area contributed by atoms with E-state index in [2.05, 4.69) is 30.3 Å². The number of allylic oxidation sites excluding steroid dienone is 2. The fourth-order valence-corrected chi connectivity index (χ4v) is 5.01. The standard InChI is InChI=1S/C21H25NO3/c23-20(18-16-6-7-17(13-16)19(18)21(24)25)22-10-8-15(9-11-22)12-14-4-2-1-3-5-14/h1-7,15-19H,8-13H2,(H,24,25)/t16-,17-,18+,19-/m0/s1. The number of carbonyl (C=O) groups is 2. The predicted octanol–water partition coefficient (Wildman–Crippen LogP) is 2.99. The number of piperidine rings is 1. The molecule has 1 saturated heterocycles. The number of amides is 1. The van der Waals surface area contributed by atoms with Crippen molar-refractivity contribution in [3.8, 4) is 0 Å². The fraction of sp³-hybridized carbons (Fsp3) is 0.524. The quantitative estimate of drug-likeness (QED) is 0.858. The first-order valence-corrected chi connectivity index (χ1v) is 9.37. The lowest BCUT2D eigenvalue weighted by molar-refractivity contribution is -0.151. The van der Waals surface area contributed by atoms with Gasteiger partial charge in [-0.25, -0.2) is 0 Å². The number of benzene rings is 1. The van der Waals surface area contributed by atoms with Gasteiger partial charge in [-0.2, -0.15) is 0 Å². The minimum atomic E-state index is -0.811. The summed E-state index contributed by atoms with van der Waals surface area (Å²) in [5.41, 5.74) is 1.36. The second kappa shape index (κ2) is 6.66. The molecule has 1 heterocycles. The molecule has 2 bridgehead atoms. The maximum atomic E-state index is 13.0. The van der Waals surface area contributed by atoms with Crippen LogP contribution in [0, 0.1) is 29.6 Å². The normalized spacial score (nSPS) is 31.4. The van der Waals surface area contributed by atoms with Crippen LogP contribution < -0.4 is 0 Å².